The van der Waals surface area contributed by atoms with Crippen molar-refractivity contribution in [3.63, 3.8) is 0 Å². The first-order valence-corrected chi connectivity index (χ1v) is 8.48. The minimum Gasteiger partial charge on any atom is -0.482 e. The van der Waals surface area contributed by atoms with E-state index in [9.17, 15) is 9.59 Å². The van der Waals surface area contributed by atoms with E-state index < -0.39 is 11.8 Å². The van der Waals surface area contributed by atoms with Crippen molar-refractivity contribution in [2.75, 3.05) is 6.61 Å². The number of carbonyl (C=O) groups is 2. The number of carbonyl (C=O) groups excluding carboxylic acids is 2. The van der Waals surface area contributed by atoms with Gasteiger partial charge in [-0.15, -0.1) is 0 Å². The second-order valence-electron chi connectivity index (χ2n) is 6.09. The number of benzene rings is 2. The van der Waals surface area contributed by atoms with E-state index >= 15 is 0 Å². The topological polar surface area (TPSA) is 91.2 Å². The Labute approximate surface area is 158 Å². The van der Waals surface area contributed by atoms with Crippen LogP contribution in [0, 0.1) is 11.3 Å². The summed E-state index contributed by atoms with van der Waals surface area (Å²) in [7, 11) is 0. The molecule has 0 unspecified atom stereocenters. The second kappa shape index (κ2) is 9.78. The van der Waals surface area contributed by atoms with Crippen LogP contribution in [0.4, 0.5) is 0 Å². The van der Waals surface area contributed by atoms with E-state index in [0.29, 0.717) is 17.2 Å². The monoisotopic (exact) mass is 363 g/mol. The summed E-state index contributed by atoms with van der Waals surface area (Å²) >= 11 is 0. The molecule has 0 saturated heterocycles. The molecule has 0 bridgehead atoms. The number of para-hydroxylation sites is 1. The van der Waals surface area contributed by atoms with Crippen LogP contribution in [0.1, 0.15) is 36.5 Å². The molecule has 0 spiro atoms. The Morgan fingerprint density at radius 2 is 1.81 bits per heavy atom. The third-order valence-electron chi connectivity index (χ3n) is 3.72. The van der Waals surface area contributed by atoms with E-state index in [-0.39, 0.29) is 6.61 Å². The highest BCUT2D eigenvalue weighted by atomic mass is 16.5. The largest absolute Gasteiger partial charge is 0.482 e. The minimum atomic E-state index is -0.536. The summed E-state index contributed by atoms with van der Waals surface area (Å²) in [4.78, 5) is 23.5. The lowest BCUT2D eigenvalue weighted by atomic mass is 10.0. The molecule has 0 aliphatic rings. The molecule has 0 aliphatic heterocycles. The van der Waals surface area contributed by atoms with E-state index in [1.54, 1.807) is 30.3 Å². The summed E-state index contributed by atoms with van der Waals surface area (Å²) in [6, 6.07) is 16.5. The normalized spacial score (nSPS) is 10.4. The first-order valence-electron chi connectivity index (χ1n) is 8.48. The van der Waals surface area contributed by atoms with Crippen molar-refractivity contribution in [3.05, 3.63) is 71.3 Å². The van der Waals surface area contributed by atoms with E-state index in [4.69, 9.17) is 10.00 Å². The number of nitrogens with zero attached hydrogens (tertiary/aromatic N) is 1. The molecule has 2 aromatic carbocycles. The van der Waals surface area contributed by atoms with E-state index in [1.165, 1.54) is 11.6 Å². The number of hydrogen-bond donors (Lipinski definition) is 2. The van der Waals surface area contributed by atoms with Gasteiger partial charge in [-0.2, -0.15) is 5.26 Å². The van der Waals surface area contributed by atoms with Crippen molar-refractivity contribution in [1.82, 2.24) is 10.9 Å². The summed E-state index contributed by atoms with van der Waals surface area (Å²) in [5.41, 5.74) is 6.97. The molecule has 2 amide bonds. The molecule has 27 heavy (non-hydrogen) atoms. The standard InChI is InChI=1S/C21H21N3O3/c1-15(2)17-10-7-16(8-11-17)9-12-20(25)23-24-21(26)14-27-19-6-4-3-5-18(19)13-22/h3-12,15H,14H2,1-2H3,(H,23,25)(H,24,26)/b12-9+. The molecule has 0 heterocycles. The first-order chi connectivity index (χ1) is 13.0. The summed E-state index contributed by atoms with van der Waals surface area (Å²) in [6.07, 6.45) is 2.99. The van der Waals surface area contributed by atoms with Crippen LogP contribution in [-0.2, 0) is 9.59 Å². The number of hydrazine groups is 1. The van der Waals surface area contributed by atoms with Crippen molar-refractivity contribution in [1.29, 1.82) is 5.26 Å². The van der Waals surface area contributed by atoms with Gasteiger partial charge in [-0.1, -0.05) is 50.2 Å². The van der Waals surface area contributed by atoms with E-state index in [1.807, 2.05) is 30.3 Å². The number of nitriles is 1. The van der Waals surface area contributed by atoms with Crippen LogP contribution < -0.4 is 15.6 Å². The van der Waals surface area contributed by atoms with Crippen LogP contribution >= 0.6 is 0 Å². The van der Waals surface area contributed by atoms with Crippen molar-refractivity contribution in [3.8, 4) is 11.8 Å². The highest BCUT2D eigenvalue weighted by molar-refractivity contribution is 5.93. The highest BCUT2D eigenvalue weighted by Crippen LogP contribution is 2.16. The fourth-order valence-electron chi connectivity index (χ4n) is 2.20. The molecule has 0 radical (unpaired) electrons. The molecule has 0 saturated carbocycles. The molecule has 0 aliphatic carbocycles. The molecule has 0 fully saturated rings. The molecule has 6 heteroatoms. The average Bonchev–Trinajstić information content (AvgIpc) is 2.69. The average molecular weight is 363 g/mol. The third kappa shape index (κ3) is 6.33. The van der Waals surface area contributed by atoms with Gasteiger partial charge in [-0.25, -0.2) is 0 Å². The van der Waals surface area contributed by atoms with Crippen LogP contribution in [0.25, 0.3) is 6.08 Å². The van der Waals surface area contributed by atoms with Gasteiger partial charge in [0.05, 0.1) is 5.56 Å². The smallest absolute Gasteiger partial charge is 0.276 e. The predicted octanol–water partition coefficient (Wildman–Crippen LogP) is 2.92. The van der Waals surface area contributed by atoms with Gasteiger partial charge in [0.25, 0.3) is 11.8 Å². The SMILES string of the molecule is CC(C)c1ccc(/C=C/C(=O)NNC(=O)COc2ccccc2C#N)cc1. The lowest BCUT2D eigenvalue weighted by Crippen LogP contribution is -2.43. The Balaban J connectivity index is 1.77. The van der Waals surface area contributed by atoms with Crippen LogP contribution in [0.2, 0.25) is 0 Å². The summed E-state index contributed by atoms with van der Waals surface area (Å²) in [5.74, 6) is -0.241. The fraction of sp³-hybridized carbons (Fsp3) is 0.190. The Bertz CT molecular complexity index is 865. The first kappa shape index (κ1) is 19.7. The summed E-state index contributed by atoms with van der Waals surface area (Å²) in [5, 5.41) is 8.96. The number of nitrogens with one attached hydrogen (secondary N) is 2. The Morgan fingerprint density at radius 1 is 1.11 bits per heavy atom. The highest BCUT2D eigenvalue weighted by Gasteiger charge is 2.06. The van der Waals surface area contributed by atoms with E-state index in [0.717, 1.165) is 5.56 Å². The van der Waals surface area contributed by atoms with Gasteiger partial charge < -0.3 is 4.74 Å². The number of rotatable bonds is 6. The fourth-order valence-corrected chi connectivity index (χ4v) is 2.20. The van der Waals surface area contributed by atoms with Crippen LogP contribution in [0.15, 0.2) is 54.6 Å². The number of ether oxygens (including phenoxy) is 1. The van der Waals surface area contributed by atoms with Crippen molar-refractivity contribution in [2.24, 2.45) is 0 Å². The van der Waals surface area contributed by atoms with Crippen LogP contribution in [-0.4, -0.2) is 18.4 Å². The number of hydrogen-bond acceptors (Lipinski definition) is 4. The zero-order valence-electron chi connectivity index (χ0n) is 15.2. The van der Waals surface area contributed by atoms with E-state index in [2.05, 4.69) is 24.7 Å². The van der Waals surface area contributed by atoms with Gasteiger partial charge in [0.15, 0.2) is 6.61 Å². The molecule has 6 nitrogen and oxygen atoms in total. The molecule has 2 aromatic rings. The predicted molar refractivity (Wildman–Crippen MR) is 103 cm³/mol. The Morgan fingerprint density at radius 3 is 2.48 bits per heavy atom. The lowest BCUT2D eigenvalue weighted by Gasteiger charge is -2.08. The van der Waals surface area contributed by atoms with Crippen molar-refractivity contribution < 1.29 is 14.3 Å². The maximum Gasteiger partial charge on any atom is 0.276 e. The van der Waals surface area contributed by atoms with Crippen molar-refractivity contribution in [2.45, 2.75) is 19.8 Å². The minimum absolute atomic E-state index is 0.311. The molecule has 0 atom stereocenters. The van der Waals surface area contributed by atoms with Gasteiger partial charge in [-0.3, -0.25) is 20.4 Å². The maximum atomic E-state index is 11.8. The third-order valence-corrected chi connectivity index (χ3v) is 3.72. The van der Waals surface area contributed by atoms with Gasteiger partial charge >= 0.3 is 0 Å². The van der Waals surface area contributed by atoms with Crippen LogP contribution in [0.3, 0.4) is 0 Å². The molecular formula is C21H21N3O3. The zero-order valence-corrected chi connectivity index (χ0v) is 15.2. The lowest BCUT2D eigenvalue weighted by molar-refractivity contribution is -0.128. The van der Waals surface area contributed by atoms with Crippen molar-refractivity contribution >= 4 is 17.9 Å². The maximum absolute atomic E-state index is 11.8. The molecule has 0 aromatic heterocycles. The van der Waals surface area contributed by atoms with Gasteiger partial charge in [0.1, 0.15) is 11.8 Å². The van der Waals surface area contributed by atoms with Gasteiger partial charge in [0, 0.05) is 6.08 Å². The number of amides is 2. The van der Waals surface area contributed by atoms with Crippen LogP contribution in [0.5, 0.6) is 5.75 Å². The summed E-state index contributed by atoms with van der Waals surface area (Å²) in [6.45, 7) is 3.91. The zero-order chi connectivity index (χ0) is 19.6. The Hall–Kier alpha value is -3.59. The van der Waals surface area contributed by atoms with Gasteiger partial charge in [-0.05, 0) is 35.3 Å². The van der Waals surface area contributed by atoms with Gasteiger partial charge in [0.2, 0.25) is 0 Å². The molecule has 2 N–H and O–H groups in total. The molecule has 138 valence electrons. The molecular weight excluding hydrogens is 342 g/mol. The quantitative estimate of drug-likeness (QED) is 0.610. The second-order valence-corrected chi connectivity index (χ2v) is 6.09. The summed E-state index contributed by atoms with van der Waals surface area (Å²) < 4.78 is 5.28. The Kier molecular flexibility index (Phi) is 7.15. The molecule has 2 rings (SSSR count).